The van der Waals surface area contributed by atoms with Crippen molar-refractivity contribution in [1.29, 1.82) is 0 Å². The summed E-state index contributed by atoms with van der Waals surface area (Å²) in [5, 5.41) is 5.93. The minimum Gasteiger partial charge on any atom is -0.378 e. The Hall–Kier alpha value is -2.36. The summed E-state index contributed by atoms with van der Waals surface area (Å²) in [6.45, 7) is 3.37. The summed E-state index contributed by atoms with van der Waals surface area (Å²) < 4.78 is 13.7. The quantitative estimate of drug-likeness (QED) is 0.884. The molecule has 0 spiro atoms. The molecule has 0 heterocycles. The second-order valence-corrected chi connectivity index (χ2v) is 4.65. The van der Waals surface area contributed by atoms with Crippen molar-refractivity contribution in [3.8, 4) is 0 Å². The molecule has 0 aliphatic carbocycles. The SMILES string of the molecule is CC(=O)Nc1ccc(NC(C)c2ccccc2F)cc1. The van der Waals surface area contributed by atoms with Crippen LogP contribution in [0, 0.1) is 5.82 Å². The predicted octanol–water partition coefficient (Wildman–Crippen LogP) is 3.96. The van der Waals surface area contributed by atoms with E-state index >= 15 is 0 Å². The van der Waals surface area contributed by atoms with Crippen molar-refractivity contribution >= 4 is 17.3 Å². The summed E-state index contributed by atoms with van der Waals surface area (Å²) in [5.74, 6) is -0.326. The Labute approximate surface area is 117 Å². The third-order valence-electron chi connectivity index (χ3n) is 2.96. The molecule has 1 atom stereocenters. The molecule has 3 nitrogen and oxygen atoms in total. The highest BCUT2D eigenvalue weighted by molar-refractivity contribution is 5.88. The molecule has 0 aliphatic rings. The Balaban J connectivity index is 2.06. The molecule has 1 unspecified atom stereocenters. The van der Waals surface area contributed by atoms with Crippen LogP contribution in [0.25, 0.3) is 0 Å². The Bertz CT molecular complexity index is 596. The average molecular weight is 272 g/mol. The van der Waals surface area contributed by atoms with E-state index in [2.05, 4.69) is 10.6 Å². The maximum absolute atomic E-state index is 13.7. The Kier molecular flexibility index (Phi) is 4.35. The van der Waals surface area contributed by atoms with Gasteiger partial charge in [-0.1, -0.05) is 18.2 Å². The van der Waals surface area contributed by atoms with Crippen molar-refractivity contribution < 1.29 is 9.18 Å². The second-order valence-electron chi connectivity index (χ2n) is 4.65. The van der Waals surface area contributed by atoms with Gasteiger partial charge in [-0.3, -0.25) is 4.79 Å². The molecule has 2 aromatic rings. The summed E-state index contributed by atoms with van der Waals surface area (Å²) in [5.41, 5.74) is 2.23. The summed E-state index contributed by atoms with van der Waals surface area (Å²) in [4.78, 5) is 10.9. The fraction of sp³-hybridized carbons (Fsp3) is 0.188. The van der Waals surface area contributed by atoms with Gasteiger partial charge in [-0.15, -0.1) is 0 Å². The van der Waals surface area contributed by atoms with Crippen LogP contribution >= 0.6 is 0 Å². The highest BCUT2D eigenvalue weighted by atomic mass is 19.1. The summed E-state index contributed by atoms with van der Waals surface area (Å²) >= 11 is 0. The minimum absolute atomic E-state index is 0.106. The summed E-state index contributed by atoms with van der Waals surface area (Å²) in [6.07, 6.45) is 0. The van der Waals surface area contributed by atoms with Crippen LogP contribution in [-0.4, -0.2) is 5.91 Å². The molecule has 2 N–H and O–H groups in total. The van der Waals surface area contributed by atoms with E-state index in [1.54, 1.807) is 24.3 Å². The number of carbonyl (C=O) groups excluding carboxylic acids is 1. The molecule has 4 heteroatoms. The number of halogens is 1. The molecule has 0 saturated heterocycles. The molecule has 0 saturated carbocycles. The molecule has 0 radical (unpaired) electrons. The van der Waals surface area contributed by atoms with E-state index < -0.39 is 0 Å². The summed E-state index contributed by atoms with van der Waals surface area (Å²) in [7, 11) is 0. The van der Waals surface area contributed by atoms with Gasteiger partial charge in [-0.2, -0.15) is 0 Å². The van der Waals surface area contributed by atoms with Crippen molar-refractivity contribution in [2.24, 2.45) is 0 Å². The Morgan fingerprint density at radius 2 is 1.65 bits per heavy atom. The van der Waals surface area contributed by atoms with Crippen LogP contribution in [-0.2, 0) is 4.79 Å². The number of rotatable bonds is 4. The van der Waals surface area contributed by atoms with Crippen molar-refractivity contribution in [1.82, 2.24) is 0 Å². The molecular weight excluding hydrogens is 255 g/mol. The van der Waals surface area contributed by atoms with Gasteiger partial charge in [0.2, 0.25) is 5.91 Å². The zero-order valence-electron chi connectivity index (χ0n) is 11.5. The second kappa shape index (κ2) is 6.19. The van der Waals surface area contributed by atoms with Gasteiger partial charge in [-0.25, -0.2) is 4.39 Å². The lowest BCUT2D eigenvalue weighted by atomic mass is 10.1. The van der Waals surface area contributed by atoms with Gasteiger partial charge in [0.1, 0.15) is 5.82 Å². The molecule has 104 valence electrons. The minimum atomic E-state index is -0.220. The van der Waals surface area contributed by atoms with Gasteiger partial charge >= 0.3 is 0 Å². The normalized spacial score (nSPS) is 11.8. The first kappa shape index (κ1) is 14.1. The fourth-order valence-corrected chi connectivity index (χ4v) is 2.01. The fourth-order valence-electron chi connectivity index (χ4n) is 2.01. The zero-order chi connectivity index (χ0) is 14.5. The number of hydrogen-bond donors (Lipinski definition) is 2. The molecule has 2 aromatic carbocycles. The van der Waals surface area contributed by atoms with E-state index in [1.807, 2.05) is 25.1 Å². The van der Waals surface area contributed by atoms with Gasteiger partial charge in [0.25, 0.3) is 0 Å². The Morgan fingerprint density at radius 3 is 2.25 bits per heavy atom. The maximum atomic E-state index is 13.7. The number of nitrogens with one attached hydrogen (secondary N) is 2. The highest BCUT2D eigenvalue weighted by Crippen LogP contribution is 2.22. The van der Waals surface area contributed by atoms with Crippen LogP contribution in [0.2, 0.25) is 0 Å². The summed E-state index contributed by atoms with van der Waals surface area (Å²) in [6, 6.07) is 13.9. The smallest absolute Gasteiger partial charge is 0.221 e. The third-order valence-corrected chi connectivity index (χ3v) is 2.96. The van der Waals surface area contributed by atoms with E-state index in [9.17, 15) is 9.18 Å². The zero-order valence-corrected chi connectivity index (χ0v) is 11.5. The molecular formula is C16H17FN2O. The van der Waals surface area contributed by atoms with Gasteiger partial charge < -0.3 is 10.6 Å². The molecule has 0 fully saturated rings. The lowest BCUT2D eigenvalue weighted by Crippen LogP contribution is -2.09. The molecule has 0 aliphatic heterocycles. The van der Waals surface area contributed by atoms with Crippen LogP contribution in [0.5, 0.6) is 0 Å². The van der Waals surface area contributed by atoms with E-state index in [0.717, 1.165) is 11.4 Å². The first-order valence-corrected chi connectivity index (χ1v) is 6.45. The van der Waals surface area contributed by atoms with Crippen molar-refractivity contribution in [3.05, 3.63) is 59.9 Å². The van der Waals surface area contributed by atoms with Gasteiger partial charge in [0.05, 0.1) is 6.04 Å². The first-order valence-electron chi connectivity index (χ1n) is 6.45. The predicted molar refractivity (Wildman–Crippen MR) is 79.2 cm³/mol. The number of benzene rings is 2. The van der Waals surface area contributed by atoms with E-state index in [1.165, 1.54) is 13.0 Å². The van der Waals surface area contributed by atoms with Crippen molar-refractivity contribution in [2.75, 3.05) is 10.6 Å². The standard InChI is InChI=1S/C16H17FN2O/c1-11(15-5-3-4-6-16(15)17)18-13-7-9-14(10-8-13)19-12(2)20/h3-11,18H,1-2H3,(H,19,20). The number of anilines is 2. The maximum Gasteiger partial charge on any atom is 0.221 e. The van der Waals surface area contributed by atoms with Crippen molar-refractivity contribution in [2.45, 2.75) is 19.9 Å². The number of amides is 1. The molecule has 1 amide bonds. The third kappa shape index (κ3) is 3.57. The monoisotopic (exact) mass is 272 g/mol. The molecule has 20 heavy (non-hydrogen) atoms. The number of hydrogen-bond acceptors (Lipinski definition) is 2. The van der Waals surface area contributed by atoms with E-state index in [4.69, 9.17) is 0 Å². The van der Waals surface area contributed by atoms with Gasteiger partial charge in [0.15, 0.2) is 0 Å². The van der Waals surface area contributed by atoms with Crippen LogP contribution in [0.3, 0.4) is 0 Å². The molecule has 2 rings (SSSR count). The topological polar surface area (TPSA) is 41.1 Å². The van der Waals surface area contributed by atoms with Crippen LogP contribution in [0.4, 0.5) is 15.8 Å². The first-order chi connectivity index (χ1) is 9.56. The van der Waals surface area contributed by atoms with E-state index in [-0.39, 0.29) is 17.8 Å². The molecule has 0 bridgehead atoms. The van der Waals surface area contributed by atoms with E-state index in [0.29, 0.717) is 5.56 Å². The van der Waals surface area contributed by atoms with Gasteiger partial charge in [0, 0.05) is 23.9 Å². The average Bonchev–Trinajstić information content (AvgIpc) is 2.41. The van der Waals surface area contributed by atoms with Crippen LogP contribution in [0.1, 0.15) is 25.5 Å². The lowest BCUT2D eigenvalue weighted by molar-refractivity contribution is -0.114. The highest BCUT2D eigenvalue weighted by Gasteiger charge is 2.09. The lowest BCUT2D eigenvalue weighted by Gasteiger charge is -2.16. The molecule has 0 aromatic heterocycles. The number of carbonyl (C=O) groups is 1. The van der Waals surface area contributed by atoms with Crippen LogP contribution < -0.4 is 10.6 Å². The van der Waals surface area contributed by atoms with Gasteiger partial charge in [-0.05, 0) is 37.3 Å². The van der Waals surface area contributed by atoms with Crippen LogP contribution in [0.15, 0.2) is 48.5 Å². The largest absolute Gasteiger partial charge is 0.378 e. The van der Waals surface area contributed by atoms with Crippen molar-refractivity contribution in [3.63, 3.8) is 0 Å². The Morgan fingerprint density at radius 1 is 1.05 bits per heavy atom.